The lowest BCUT2D eigenvalue weighted by Gasteiger charge is -2.09. The molecule has 0 heterocycles. The van der Waals surface area contributed by atoms with E-state index >= 15 is 0 Å². The molecule has 1 N–H and O–H groups in total. The molecule has 0 aliphatic carbocycles. The second-order valence-corrected chi connectivity index (χ2v) is 5.40. The van der Waals surface area contributed by atoms with E-state index in [1.165, 1.54) is 16.7 Å². The Kier molecular flexibility index (Phi) is 3.49. The van der Waals surface area contributed by atoms with E-state index in [1.807, 2.05) is 32.0 Å². The first kappa shape index (κ1) is 13.4. The molecule has 104 valence electrons. The van der Waals surface area contributed by atoms with Crippen LogP contribution in [0.3, 0.4) is 0 Å². The maximum absolute atomic E-state index is 9.87. The van der Waals surface area contributed by atoms with Gasteiger partial charge >= 0.3 is 0 Å². The normalized spacial score (nSPS) is 10.6. The third-order valence-corrected chi connectivity index (χ3v) is 3.82. The van der Waals surface area contributed by atoms with Gasteiger partial charge in [0.25, 0.3) is 0 Å². The molecule has 0 bridgehead atoms. The number of hydrogen-bond acceptors (Lipinski definition) is 1. The van der Waals surface area contributed by atoms with Crippen molar-refractivity contribution >= 4 is 0 Å². The lowest BCUT2D eigenvalue weighted by Crippen LogP contribution is -1.85. The quantitative estimate of drug-likeness (QED) is 0.668. The van der Waals surface area contributed by atoms with E-state index < -0.39 is 0 Å². The first-order chi connectivity index (χ1) is 10.1. The third-order valence-electron chi connectivity index (χ3n) is 3.82. The van der Waals surface area contributed by atoms with Gasteiger partial charge in [0.2, 0.25) is 0 Å². The molecule has 0 saturated carbocycles. The van der Waals surface area contributed by atoms with Gasteiger partial charge in [-0.2, -0.15) is 0 Å². The number of aryl methyl sites for hydroxylation is 2. The number of rotatable bonds is 2. The molecule has 0 amide bonds. The molecule has 21 heavy (non-hydrogen) atoms. The molecule has 0 spiro atoms. The van der Waals surface area contributed by atoms with Gasteiger partial charge in [-0.05, 0) is 59.4 Å². The fourth-order valence-corrected chi connectivity index (χ4v) is 2.61. The van der Waals surface area contributed by atoms with Crippen molar-refractivity contribution in [2.75, 3.05) is 0 Å². The third kappa shape index (κ3) is 2.68. The second kappa shape index (κ2) is 5.45. The van der Waals surface area contributed by atoms with Gasteiger partial charge in [-0.1, -0.05) is 54.6 Å². The smallest absolute Gasteiger partial charge is 0.121 e. The van der Waals surface area contributed by atoms with E-state index in [-0.39, 0.29) is 0 Å². The first-order valence-electron chi connectivity index (χ1n) is 7.11. The van der Waals surface area contributed by atoms with Crippen molar-refractivity contribution in [1.29, 1.82) is 0 Å². The van der Waals surface area contributed by atoms with Gasteiger partial charge in [-0.3, -0.25) is 0 Å². The second-order valence-electron chi connectivity index (χ2n) is 5.40. The van der Waals surface area contributed by atoms with Crippen LogP contribution in [-0.4, -0.2) is 5.11 Å². The van der Waals surface area contributed by atoms with Gasteiger partial charge in [0.1, 0.15) is 5.75 Å². The number of phenolic OH excluding ortho intramolecular Hbond substituents is 1. The Hall–Kier alpha value is -2.54. The summed E-state index contributed by atoms with van der Waals surface area (Å²) in [5, 5.41) is 9.87. The zero-order valence-corrected chi connectivity index (χ0v) is 12.3. The van der Waals surface area contributed by atoms with Crippen LogP contribution >= 0.6 is 0 Å². The Bertz CT molecular complexity index is 733. The van der Waals surface area contributed by atoms with Crippen molar-refractivity contribution in [3.05, 3.63) is 77.9 Å². The van der Waals surface area contributed by atoms with Crippen LogP contribution < -0.4 is 0 Å². The molecule has 0 aliphatic rings. The SMILES string of the molecule is Cc1cc(-c2ccc(-c3ccccc3)cc2)cc(C)c1O. The summed E-state index contributed by atoms with van der Waals surface area (Å²) in [6.45, 7) is 3.87. The zero-order chi connectivity index (χ0) is 14.8. The minimum Gasteiger partial charge on any atom is -0.507 e. The summed E-state index contributed by atoms with van der Waals surface area (Å²) in [5.41, 5.74) is 6.58. The van der Waals surface area contributed by atoms with Crippen molar-refractivity contribution in [1.82, 2.24) is 0 Å². The summed E-state index contributed by atoms with van der Waals surface area (Å²) < 4.78 is 0. The summed E-state index contributed by atoms with van der Waals surface area (Å²) in [7, 11) is 0. The van der Waals surface area contributed by atoms with Crippen LogP contribution in [0.5, 0.6) is 5.75 Å². The highest BCUT2D eigenvalue weighted by molar-refractivity contribution is 5.72. The van der Waals surface area contributed by atoms with Gasteiger partial charge in [0.15, 0.2) is 0 Å². The van der Waals surface area contributed by atoms with Crippen LogP contribution in [-0.2, 0) is 0 Å². The maximum atomic E-state index is 9.87. The van der Waals surface area contributed by atoms with Crippen LogP contribution in [0.1, 0.15) is 11.1 Å². The fraction of sp³-hybridized carbons (Fsp3) is 0.100. The van der Waals surface area contributed by atoms with Crippen LogP contribution in [0.15, 0.2) is 66.7 Å². The number of benzene rings is 3. The zero-order valence-electron chi connectivity index (χ0n) is 12.3. The maximum Gasteiger partial charge on any atom is 0.121 e. The highest BCUT2D eigenvalue weighted by atomic mass is 16.3. The fourth-order valence-electron chi connectivity index (χ4n) is 2.61. The van der Waals surface area contributed by atoms with Crippen LogP contribution in [0.4, 0.5) is 0 Å². The lowest BCUT2D eigenvalue weighted by molar-refractivity contribution is 0.467. The van der Waals surface area contributed by atoms with Crippen molar-refractivity contribution < 1.29 is 5.11 Å². The molecule has 1 nitrogen and oxygen atoms in total. The highest BCUT2D eigenvalue weighted by Crippen LogP contribution is 2.30. The molecule has 0 radical (unpaired) electrons. The minimum atomic E-state index is 0.389. The molecule has 3 rings (SSSR count). The topological polar surface area (TPSA) is 20.2 Å². The lowest BCUT2D eigenvalue weighted by atomic mass is 9.97. The Morgan fingerprint density at radius 2 is 1.00 bits per heavy atom. The van der Waals surface area contributed by atoms with E-state index in [4.69, 9.17) is 0 Å². The van der Waals surface area contributed by atoms with Gasteiger partial charge in [-0.15, -0.1) is 0 Å². The van der Waals surface area contributed by atoms with E-state index in [2.05, 4.69) is 48.5 Å². The average Bonchev–Trinajstić information content (AvgIpc) is 2.53. The van der Waals surface area contributed by atoms with E-state index in [1.54, 1.807) is 0 Å². The van der Waals surface area contributed by atoms with Gasteiger partial charge in [0.05, 0.1) is 0 Å². The molecule has 3 aromatic carbocycles. The summed E-state index contributed by atoms with van der Waals surface area (Å²) in [6.07, 6.45) is 0. The van der Waals surface area contributed by atoms with Crippen LogP contribution in [0.2, 0.25) is 0 Å². The van der Waals surface area contributed by atoms with Crippen molar-refractivity contribution in [3.8, 4) is 28.0 Å². The van der Waals surface area contributed by atoms with Crippen molar-refractivity contribution in [2.24, 2.45) is 0 Å². The molecule has 1 heteroatoms. The molecule has 0 atom stereocenters. The molecule has 0 unspecified atom stereocenters. The van der Waals surface area contributed by atoms with Crippen LogP contribution in [0, 0.1) is 13.8 Å². The average molecular weight is 274 g/mol. The Labute approximate surface area is 125 Å². The Balaban J connectivity index is 1.98. The molecular formula is C20H18O. The Morgan fingerprint density at radius 1 is 0.571 bits per heavy atom. The monoisotopic (exact) mass is 274 g/mol. The highest BCUT2D eigenvalue weighted by Gasteiger charge is 2.05. The van der Waals surface area contributed by atoms with Crippen molar-refractivity contribution in [3.63, 3.8) is 0 Å². The van der Waals surface area contributed by atoms with Crippen LogP contribution in [0.25, 0.3) is 22.3 Å². The van der Waals surface area contributed by atoms with E-state index in [9.17, 15) is 5.11 Å². The van der Waals surface area contributed by atoms with E-state index in [0.717, 1.165) is 16.7 Å². The van der Waals surface area contributed by atoms with E-state index in [0.29, 0.717) is 5.75 Å². The number of hydrogen-bond donors (Lipinski definition) is 1. The molecular weight excluding hydrogens is 256 g/mol. The molecule has 0 saturated heterocycles. The summed E-state index contributed by atoms with van der Waals surface area (Å²) in [6, 6.07) is 23.0. The predicted octanol–water partition coefficient (Wildman–Crippen LogP) is 5.34. The van der Waals surface area contributed by atoms with Crippen molar-refractivity contribution in [2.45, 2.75) is 13.8 Å². The Morgan fingerprint density at radius 3 is 1.52 bits per heavy atom. The first-order valence-corrected chi connectivity index (χ1v) is 7.11. The summed E-state index contributed by atoms with van der Waals surface area (Å²) in [4.78, 5) is 0. The minimum absolute atomic E-state index is 0.389. The largest absolute Gasteiger partial charge is 0.507 e. The number of aromatic hydroxyl groups is 1. The predicted molar refractivity (Wildman–Crippen MR) is 88.5 cm³/mol. The summed E-state index contributed by atoms with van der Waals surface area (Å²) in [5.74, 6) is 0.389. The van der Waals surface area contributed by atoms with Gasteiger partial charge in [0, 0.05) is 0 Å². The molecule has 0 fully saturated rings. The molecule has 0 aliphatic heterocycles. The van der Waals surface area contributed by atoms with Gasteiger partial charge < -0.3 is 5.11 Å². The van der Waals surface area contributed by atoms with Gasteiger partial charge in [-0.25, -0.2) is 0 Å². The standard InChI is InChI=1S/C20H18O/c1-14-12-19(13-15(2)20(14)21)18-10-8-17(9-11-18)16-6-4-3-5-7-16/h3-13,21H,1-2H3. The molecule has 3 aromatic rings. The summed E-state index contributed by atoms with van der Waals surface area (Å²) >= 11 is 0. The number of phenols is 1. The molecule has 0 aromatic heterocycles.